The van der Waals surface area contributed by atoms with E-state index in [4.69, 9.17) is 4.52 Å². The van der Waals surface area contributed by atoms with E-state index in [2.05, 4.69) is 10.1 Å². The van der Waals surface area contributed by atoms with Gasteiger partial charge in [-0.25, -0.2) is 0 Å². The minimum absolute atomic E-state index is 0.0506. The summed E-state index contributed by atoms with van der Waals surface area (Å²) in [5.74, 6) is 0.202. The fraction of sp³-hybridized carbons (Fsp3) is 0.438. The van der Waals surface area contributed by atoms with Gasteiger partial charge in [0.1, 0.15) is 5.76 Å². The van der Waals surface area contributed by atoms with Gasteiger partial charge in [0.05, 0.1) is 12.2 Å². The minimum atomic E-state index is -0.266. The molecule has 0 saturated heterocycles. The van der Waals surface area contributed by atoms with E-state index >= 15 is 0 Å². The van der Waals surface area contributed by atoms with Crippen molar-refractivity contribution in [3.63, 3.8) is 0 Å². The number of pyridine rings is 1. The van der Waals surface area contributed by atoms with Crippen LogP contribution in [0.4, 0.5) is 0 Å². The first-order chi connectivity index (χ1) is 10.4. The molecule has 22 heavy (non-hydrogen) atoms. The van der Waals surface area contributed by atoms with Crippen LogP contribution in [-0.4, -0.2) is 39.1 Å². The summed E-state index contributed by atoms with van der Waals surface area (Å²) >= 11 is 0. The second kappa shape index (κ2) is 6.70. The standard InChI is InChI=1S/C16H21N3O3/c1-10-5-6-17-13(7-10)8-11(2)19(4)16(21)15-14(9-20)12(3)22-18-15/h5-7,11,20H,8-9H2,1-4H3/t11-/m0/s1. The number of aryl methyl sites for hydroxylation is 2. The van der Waals surface area contributed by atoms with Crippen LogP contribution in [0.25, 0.3) is 0 Å². The molecule has 0 aromatic carbocycles. The Kier molecular flexibility index (Phi) is 4.92. The predicted octanol–water partition coefficient (Wildman–Crippen LogP) is 1.88. The normalized spacial score (nSPS) is 12.2. The van der Waals surface area contributed by atoms with Crippen LogP contribution in [0.15, 0.2) is 22.9 Å². The molecular weight excluding hydrogens is 282 g/mol. The van der Waals surface area contributed by atoms with Crippen molar-refractivity contribution >= 4 is 5.91 Å². The van der Waals surface area contributed by atoms with Crippen LogP contribution in [-0.2, 0) is 13.0 Å². The molecule has 0 radical (unpaired) electrons. The highest BCUT2D eigenvalue weighted by molar-refractivity contribution is 5.93. The third-order valence-electron chi connectivity index (χ3n) is 3.80. The van der Waals surface area contributed by atoms with Crippen molar-refractivity contribution in [2.75, 3.05) is 7.05 Å². The number of nitrogens with zero attached hydrogens (tertiary/aromatic N) is 3. The second-order valence-electron chi connectivity index (χ2n) is 5.52. The molecule has 0 unspecified atom stereocenters. The van der Waals surface area contributed by atoms with Gasteiger partial charge in [-0.2, -0.15) is 0 Å². The van der Waals surface area contributed by atoms with E-state index in [0.29, 0.717) is 17.7 Å². The van der Waals surface area contributed by atoms with Gasteiger partial charge in [0.25, 0.3) is 5.91 Å². The SMILES string of the molecule is Cc1ccnc(C[C@H](C)N(C)C(=O)c2noc(C)c2CO)c1. The van der Waals surface area contributed by atoms with Crippen molar-refractivity contribution in [2.45, 2.75) is 39.8 Å². The highest BCUT2D eigenvalue weighted by Gasteiger charge is 2.25. The number of hydrogen-bond acceptors (Lipinski definition) is 5. The van der Waals surface area contributed by atoms with Gasteiger partial charge in [0.2, 0.25) is 0 Å². The van der Waals surface area contributed by atoms with Gasteiger partial charge in [0, 0.05) is 31.4 Å². The third kappa shape index (κ3) is 3.33. The Labute approximate surface area is 129 Å². The largest absolute Gasteiger partial charge is 0.391 e. The lowest BCUT2D eigenvalue weighted by Crippen LogP contribution is -2.37. The molecule has 2 heterocycles. The molecule has 1 atom stereocenters. The van der Waals surface area contributed by atoms with Gasteiger partial charge in [-0.1, -0.05) is 5.16 Å². The van der Waals surface area contributed by atoms with Gasteiger partial charge in [0.15, 0.2) is 5.69 Å². The molecular formula is C16H21N3O3. The van der Waals surface area contributed by atoms with Gasteiger partial charge < -0.3 is 14.5 Å². The zero-order valence-electron chi connectivity index (χ0n) is 13.3. The fourth-order valence-electron chi connectivity index (χ4n) is 2.26. The average molecular weight is 303 g/mol. The summed E-state index contributed by atoms with van der Waals surface area (Å²) in [5.41, 5.74) is 2.69. The molecule has 0 bridgehead atoms. The van der Waals surface area contributed by atoms with E-state index in [1.54, 1.807) is 25.1 Å². The molecule has 0 aliphatic rings. The molecule has 0 aliphatic carbocycles. The first-order valence-electron chi connectivity index (χ1n) is 7.18. The topological polar surface area (TPSA) is 79.5 Å². The van der Waals surface area contributed by atoms with Crippen LogP contribution >= 0.6 is 0 Å². The van der Waals surface area contributed by atoms with Crippen LogP contribution in [0.5, 0.6) is 0 Å². The number of aliphatic hydroxyl groups is 1. The smallest absolute Gasteiger partial charge is 0.276 e. The third-order valence-corrected chi connectivity index (χ3v) is 3.80. The van der Waals surface area contributed by atoms with Gasteiger partial charge in [-0.05, 0) is 38.5 Å². The number of hydrogen-bond donors (Lipinski definition) is 1. The number of aromatic nitrogens is 2. The average Bonchev–Trinajstić information content (AvgIpc) is 2.86. The Hall–Kier alpha value is -2.21. The molecule has 0 saturated carbocycles. The number of likely N-dealkylation sites (N-methyl/N-ethyl adjacent to an activating group) is 1. The van der Waals surface area contributed by atoms with Gasteiger partial charge in [-0.15, -0.1) is 0 Å². The molecule has 2 aromatic heterocycles. The first-order valence-corrected chi connectivity index (χ1v) is 7.18. The number of rotatable bonds is 5. The van der Waals surface area contributed by atoms with Crippen molar-refractivity contribution in [3.8, 4) is 0 Å². The molecule has 118 valence electrons. The van der Waals surface area contributed by atoms with Gasteiger partial charge in [-0.3, -0.25) is 9.78 Å². The second-order valence-corrected chi connectivity index (χ2v) is 5.52. The first kappa shape index (κ1) is 16.2. The zero-order chi connectivity index (χ0) is 16.3. The predicted molar refractivity (Wildman–Crippen MR) is 81.4 cm³/mol. The molecule has 2 rings (SSSR count). The van der Waals surface area contributed by atoms with Crippen molar-refractivity contribution in [1.82, 2.24) is 15.0 Å². The maximum Gasteiger partial charge on any atom is 0.276 e. The van der Waals surface area contributed by atoms with Crippen LogP contribution in [0.2, 0.25) is 0 Å². The van der Waals surface area contributed by atoms with Crippen LogP contribution in [0, 0.1) is 13.8 Å². The monoisotopic (exact) mass is 303 g/mol. The van der Waals surface area contributed by atoms with E-state index in [1.165, 1.54) is 0 Å². The number of aliphatic hydroxyl groups excluding tert-OH is 1. The number of amides is 1. The Morgan fingerprint density at radius 2 is 2.18 bits per heavy atom. The van der Waals surface area contributed by atoms with E-state index in [9.17, 15) is 9.90 Å². The lowest BCUT2D eigenvalue weighted by molar-refractivity contribution is 0.0729. The van der Waals surface area contributed by atoms with E-state index in [-0.39, 0.29) is 24.2 Å². The van der Waals surface area contributed by atoms with Crippen LogP contribution in [0.3, 0.4) is 0 Å². The van der Waals surface area contributed by atoms with E-state index in [0.717, 1.165) is 11.3 Å². The van der Waals surface area contributed by atoms with Crippen molar-refractivity contribution in [1.29, 1.82) is 0 Å². The summed E-state index contributed by atoms with van der Waals surface area (Å²) in [6.45, 7) is 5.37. The number of carbonyl (C=O) groups is 1. The molecule has 2 aromatic rings. The molecule has 6 nitrogen and oxygen atoms in total. The Bertz CT molecular complexity index is 666. The zero-order valence-corrected chi connectivity index (χ0v) is 13.3. The molecule has 0 spiro atoms. The summed E-state index contributed by atoms with van der Waals surface area (Å²) in [5, 5.41) is 13.1. The molecule has 1 amide bonds. The van der Waals surface area contributed by atoms with Crippen LogP contribution in [0.1, 0.15) is 40.0 Å². The molecule has 0 fully saturated rings. The maximum absolute atomic E-state index is 12.5. The molecule has 6 heteroatoms. The number of carbonyl (C=O) groups excluding carboxylic acids is 1. The Morgan fingerprint density at radius 3 is 2.82 bits per heavy atom. The summed E-state index contributed by atoms with van der Waals surface area (Å²) in [6.07, 6.45) is 2.42. The lowest BCUT2D eigenvalue weighted by atomic mass is 10.1. The maximum atomic E-state index is 12.5. The van der Waals surface area contributed by atoms with Gasteiger partial charge >= 0.3 is 0 Å². The lowest BCUT2D eigenvalue weighted by Gasteiger charge is -2.24. The van der Waals surface area contributed by atoms with E-state index < -0.39 is 0 Å². The minimum Gasteiger partial charge on any atom is -0.391 e. The van der Waals surface area contributed by atoms with Crippen molar-refractivity contribution in [2.24, 2.45) is 0 Å². The van der Waals surface area contributed by atoms with Crippen LogP contribution < -0.4 is 0 Å². The highest BCUT2D eigenvalue weighted by Crippen LogP contribution is 2.17. The van der Waals surface area contributed by atoms with Crippen molar-refractivity contribution in [3.05, 3.63) is 46.6 Å². The van der Waals surface area contributed by atoms with E-state index in [1.807, 2.05) is 26.0 Å². The molecule has 0 aliphatic heterocycles. The molecule has 1 N–H and O–H groups in total. The summed E-state index contributed by atoms with van der Waals surface area (Å²) < 4.78 is 5.00. The summed E-state index contributed by atoms with van der Waals surface area (Å²) in [6, 6.07) is 3.90. The van der Waals surface area contributed by atoms with Crippen molar-refractivity contribution < 1.29 is 14.4 Å². The highest BCUT2D eigenvalue weighted by atomic mass is 16.5. The summed E-state index contributed by atoms with van der Waals surface area (Å²) in [7, 11) is 1.72. The summed E-state index contributed by atoms with van der Waals surface area (Å²) in [4.78, 5) is 18.4. The fourth-order valence-corrected chi connectivity index (χ4v) is 2.26. The Balaban J connectivity index is 2.12. The Morgan fingerprint density at radius 1 is 1.45 bits per heavy atom. The quantitative estimate of drug-likeness (QED) is 0.912.